The molecule has 1 atom stereocenters. The molecule has 0 N–H and O–H groups in total. The number of hydrogen-bond acceptors (Lipinski definition) is 3. The summed E-state index contributed by atoms with van der Waals surface area (Å²) in [5, 5.41) is 0. The predicted octanol–water partition coefficient (Wildman–Crippen LogP) is 1.28. The molecule has 3 nitrogen and oxygen atoms in total. The van der Waals surface area contributed by atoms with Crippen molar-refractivity contribution in [3.8, 4) is 0 Å². The molecule has 0 bridgehead atoms. The van der Waals surface area contributed by atoms with E-state index in [2.05, 4.69) is 56.2 Å². The third-order valence-corrected chi connectivity index (χ3v) is 3.82. The largest absolute Gasteiger partial charge is 0.371 e. The predicted molar refractivity (Wildman–Crippen MR) is 84.1 cm³/mol. The topological polar surface area (TPSA) is 15.7 Å². The first-order valence-electron chi connectivity index (χ1n) is 7.36. The van der Waals surface area contributed by atoms with E-state index in [-0.39, 0.29) is 6.10 Å². The molecule has 0 aromatic heterocycles. The molecule has 0 aromatic carbocycles. The molecule has 1 unspecified atom stereocenters. The minimum atomic E-state index is 0.233. The molecule has 0 aliphatic carbocycles. The van der Waals surface area contributed by atoms with Crippen molar-refractivity contribution < 1.29 is 4.74 Å². The highest BCUT2D eigenvalue weighted by atomic mass is 28.1. The van der Waals surface area contributed by atoms with E-state index < -0.39 is 0 Å². The monoisotopic (exact) mass is 272 g/mol. The van der Waals surface area contributed by atoms with E-state index in [4.69, 9.17) is 4.74 Å². The van der Waals surface area contributed by atoms with Crippen molar-refractivity contribution in [1.29, 1.82) is 0 Å². The van der Waals surface area contributed by atoms with Crippen LogP contribution in [0.4, 0.5) is 0 Å². The van der Waals surface area contributed by atoms with Gasteiger partial charge in [0.25, 0.3) is 0 Å². The molecule has 0 heterocycles. The lowest BCUT2D eigenvalue weighted by Gasteiger charge is -2.38. The van der Waals surface area contributed by atoms with Crippen LogP contribution in [0.1, 0.15) is 34.6 Å². The van der Waals surface area contributed by atoms with E-state index in [9.17, 15) is 0 Å². The van der Waals surface area contributed by atoms with Crippen molar-refractivity contribution >= 4 is 10.2 Å². The van der Waals surface area contributed by atoms with Gasteiger partial charge < -0.3 is 4.74 Å². The molecular weight excluding hydrogens is 240 g/mol. The summed E-state index contributed by atoms with van der Waals surface area (Å²) in [5.41, 5.74) is 2.19. The summed E-state index contributed by atoms with van der Waals surface area (Å²) in [7, 11) is 1.10. The Morgan fingerprint density at radius 2 is 1.44 bits per heavy atom. The molecule has 0 radical (unpaired) electrons. The zero-order valence-electron chi connectivity index (χ0n) is 13.1. The lowest BCUT2D eigenvalue weighted by molar-refractivity contribution is -0.0305. The Balaban J connectivity index is 4.55. The molecule has 108 valence electrons. The molecule has 0 amide bonds. The smallest absolute Gasteiger partial charge is 0.0863 e. The van der Waals surface area contributed by atoms with Crippen molar-refractivity contribution in [2.75, 3.05) is 32.8 Å². The first kappa shape index (κ1) is 17.8. The Morgan fingerprint density at radius 1 is 1.00 bits per heavy atom. The van der Waals surface area contributed by atoms with Crippen LogP contribution in [-0.2, 0) is 4.74 Å². The Bertz CT molecular complexity index is 204. The number of ether oxygens (including phenoxy) is 1. The van der Waals surface area contributed by atoms with Crippen molar-refractivity contribution in [2.45, 2.75) is 46.9 Å². The van der Waals surface area contributed by atoms with Crippen LogP contribution in [-0.4, -0.2) is 65.1 Å². The van der Waals surface area contributed by atoms with Crippen LogP contribution in [0, 0.1) is 0 Å². The van der Waals surface area contributed by atoms with Gasteiger partial charge in [-0.1, -0.05) is 33.8 Å². The Kier molecular flexibility index (Phi) is 10.6. The Labute approximate surface area is 117 Å². The summed E-state index contributed by atoms with van der Waals surface area (Å²) < 4.78 is 5.97. The van der Waals surface area contributed by atoms with Gasteiger partial charge in [-0.3, -0.25) is 9.80 Å². The van der Waals surface area contributed by atoms with Crippen molar-refractivity contribution in [3.05, 3.63) is 11.8 Å². The van der Waals surface area contributed by atoms with Gasteiger partial charge in [0, 0.05) is 10.2 Å². The first-order valence-corrected chi connectivity index (χ1v) is 8.52. The van der Waals surface area contributed by atoms with E-state index in [0.717, 1.165) is 43.0 Å². The highest BCUT2D eigenvalue weighted by Gasteiger charge is 2.21. The SMILES string of the molecule is CCN(CC)C(COC(C)C=C[SiH3])N(CC)CC. The van der Waals surface area contributed by atoms with Gasteiger partial charge in [0.15, 0.2) is 0 Å². The molecule has 0 rings (SSSR count). The quantitative estimate of drug-likeness (QED) is 0.440. The molecule has 0 aromatic rings. The van der Waals surface area contributed by atoms with E-state index in [0.29, 0.717) is 6.17 Å². The van der Waals surface area contributed by atoms with E-state index >= 15 is 0 Å². The number of rotatable bonds is 10. The van der Waals surface area contributed by atoms with Gasteiger partial charge in [-0.25, -0.2) is 0 Å². The molecule has 0 aliphatic heterocycles. The van der Waals surface area contributed by atoms with Gasteiger partial charge in [-0.05, 0) is 33.1 Å². The summed E-state index contributed by atoms with van der Waals surface area (Å²) in [4.78, 5) is 4.95. The molecule has 4 heteroatoms. The van der Waals surface area contributed by atoms with E-state index in [1.807, 2.05) is 0 Å². The second kappa shape index (κ2) is 10.7. The zero-order valence-corrected chi connectivity index (χ0v) is 15.1. The molecule has 0 saturated heterocycles. The highest BCUT2D eigenvalue weighted by Crippen LogP contribution is 2.08. The molecule has 18 heavy (non-hydrogen) atoms. The fourth-order valence-corrected chi connectivity index (χ4v) is 2.84. The fourth-order valence-electron chi connectivity index (χ4n) is 2.30. The lowest BCUT2D eigenvalue weighted by atomic mass is 10.3. The average Bonchev–Trinajstić information content (AvgIpc) is 2.38. The normalized spacial score (nSPS) is 14.4. The van der Waals surface area contributed by atoms with Gasteiger partial charge in [0.1, 0.15) is 0 Å². The lowest BCUT2D eigenvalue weighted by Crippen LogP contribution is -2.51. The Morgan fingerprint density at radius 3 is 1.78 bits per heavy atom. The maximum absolute atomic E-state index is 5.97. The minimum absolute atomic E-state index is 0.233. The number of likely N-dealkylation sites (N-methyl/N-ethyl adjacent to an activating group) is 2. The van der Waals surface area contributed by atoms with Crippen LogP contribution >= 0.6 is 0 Å². The van der Waals surface area contributed by atoms with Crippen LogP contribution < -0.4 is 0 Å². The van der Waals surface area contributed by atoms with Gasteiger partial charge in [0.2, 0.25) is 0 Å². The zero-order chi connectivity index (χ0) is 14.0. The maximum Gasteiger partial charge on any atom is 0.0863 e. The summed E-state index contributed by atoms with van der Waals surface area (Å²) in [6.45, 7) is 16.1. The third-order valence-electron chi connectivity index (χ3n) is 3.44. The van der Waals surface area contributed by atoms with Crippen LogP contribution in [0.3, 0.4) is 0 Å². The van der Waals surface area contributed by atoms with Gasteiger partial charge in [-0.15, -0.1) is 5.70 Å². The second-order valence-corrected chi connectivity index (χ2v) is 5.15. The molecule has 0 saturated carbocycles. The van der Waals surface area contributed by atoms with Gasteiger partial charge in [0.05, 0.1) is 18.9 Å². The van der Waals surface area contributed by atoms with Gasteiger partial charge in [-0.2, -0.15) is 0 Å². The standard InChI is InChI=1S/C14H32N2OSi/c1-6-15(7-2)14(16(8-3)9-4)12-17-13(5)10-11-18/h10-11,13-14H,6-9,12H2,1-5,18H3. The van der Waals surface area contributed by atoms with E-state index in [1.54, 1.807) is 0 Å². The summed E-state index contributed by atoms with van der Waals surface area (Å²) in [5.74, 6) is 0. The van der Waals surface area contributed by atoms with Crippen molar-refractivity contribution in [1.82, 2.24) is 9.80 Å². The number of nitrogens with zero attached hydrogens (tertiary/aromatic N) is 2. The molecule has 0 fully saturated rings. The molecule has 0 aliphatic rings. The van der Waals surface area contributed by atoms with Crippen LogP contribution in [0.2, 0.25) is 0 Å². The number of hydrogen-bond donors (Lipinski definition) is 0. The summed E-state index contributed by atoms with van der Waals surface area (Å²) in [6, 6.07) is 0. The second-order valence-electron chi connectivity index (χ2n) is 4.49. The maximum atomic E-state index is 5.97. The average molecular weight is 273 g/mol. The molecular formula is C14H32N2OSi. The van der Waals surface area contributed by atoms with Crippen molar-refractivity contribution in [2.24, 2.45) is 0 Å². The van der Waals surface area contributed by atoms with Crippen LogP contribution in [0.15, 0.2) is 11.8 Å². The fraction of sp³-hybridized carbons (Fsp3) is 0.857. The first-order chi connectivity index (χ1) is 8.64. The van der Waals surface area contributed by atoms with Crippen LogP contribution in [0.5, 0.6) is 0 Å². The summed E-state index contributed by atoms with van der Waals surface area (Å²) >= 11 is 0. The van der Waals surface area contributed by atoms with Crippen LogP contribution in [0.25, 0.3) is 0 Å². The van der Waals surface area contributed by atoms with E-state index in [1.165, 1.54) is 0 Å². The van der Waals surface area contributed by atoms with Gasteiger partial charge >= 0.3 is 0 Å². The summed E-state index contributed by atoms with van der Waals surface area (Å²) in [6.07, 6.45) is 2.80. The minimum Gasteiger partial charge on any atom is -0.371 e. The Hall–Kier alpha value is -0.163. The highest BCUT2D eigenvalue weighted by molar-refractivity contribution is 6.17. The van der Waals surface area contributed by atoms with Crippen molar-refractivity contribution in [3.63, 3.8) is 0 Å². The third kappa shape index (κ3) is 6.14. The molecule has 0 spiro atoms.